The Morgan fingerprint density at radius 3 is 2.75 bits per heavy atom. The van der Waals surface area contributed by atoms with E-state index in [1.807, 2.05) is 12.1 Å². The summed E-state index contributed by atoms with van der Waals surface area (Å²) in [5.74, 6) is 1.73. The van der Waals surface area contributed by atoms with Gasteiger partial charge in [-0.25, -0.2) is 5.43 Å². The van der Waals surface area contributed by atoms with E-state index in [2.05, 4.69) is 10.5 Å². The third kappa shape index (κ3) is 3.98. The highest BCUT2D eigenvalue weighted by atomic mass is 35.5. The molecule has 0 aliphatic carbocycles. The molecule has 4 rings (SSSR count). The maximum atomic E-state index is 12.2. The summed E-state index contributed by atoms with van der Waals surface area (Å²) in [5, 5.41) is 4.93. The van der Waals surface area contributed by atoms with Gasteiger partial charge in [-0.05, 0) is 42.5 Å². The zero-order valence-electron chi connectivity index (χ0n) is 14.4. The van der Waals surface area contributed by atoms with E-state index in [1.54, 1.807) is 42.5 Å². The minimum atomic E-state index is -0.785. The van der Waals surface area contributed by atoms with Crippen LogP contribution in [0.4, 0.5) is 0 Å². The van der Waals surface area contributed by atoms with Crippen LogP contribution < -0.4 is 14.9 Å². The van der Waals surface area contributed by atoms with Gasteiger partial charge in [0.2, 0.25) is 6.10 Å². The third-order valence-corrected chi connectivity index (χ3v) is 4.54. The number of hydrogen-bond acceptors (Lipinski definition) is 5. The van der Waals surface area contributed by atoms with Crippen LogP contribution in [0.1, 0.15) is 5.76 Å². The van der Waals surface area contributed by atoms with Gasteiger partial charge in [0, 0.05) is 10.6 Å². The number of hydrogen-bond donors (Lipinski definition) is 1. The Labute approximate surface area is 170 Å². The number of amides is 1. The summed E-state index contributed by atoms with van der Waals surface area (Å²) >= 11 is 12.1. The molecule has 1 aliphatic rings. The lowest BCUT2D eigenvalue weighted by Crippen LogP contribution is -2.42. The highest BCUT2D eigenvalue weighted by molar-refractivity contribution is 6.36. The molecule has 0 saturated heterocycles. The molecule has 1 amide bonds. The van der Waals surface area contributed by atoms with Crippen molar-refractivity contribution in [2.24, 2.45) is 5.10 Å². The lowest BCUT2D eigenvalue weighted by Gasteiger charge is -2.24. The quantitative estimate of drug-likeness (QED) is 0.500. The van der Waals surface area contributed by atoms with Crippen LogP contribution in [0.5, 0.6) is 11.5 Å². The molecule has 3 aromatic rings. The van der Waals surface area contributed by atoms with Crippen LogP contribution in [-0.2, 0) is 4.79 Å². The Balaban J connectivity index is 1.38. The van der Waals surface area contributed by atoms with Crippen LogP contribution in [0.2, 0.25) is 10.0 Å². The smallest absolute Gasteiger partial charge is 0.284 e. The van der Waals surface area contributed by atoms with Crippen molar-refractivity contribution in [3.05, 3.63) is 70.4 Å². The fraction of sp³-hybridized carbons (Fsp3) is 0.100. The maximum Gasteiger partial charge on any atom is 0.284 e. The number of nitrogens with zero attached hydrogens (tertiary/aromatic N) is 1. The summed E-state index contributed by atoms with van der Waals surface area (Å²) in [7, 11) is 0. The molecule has 0 bridgehead atoms. The van der Waals surface area contributed by atoms with E-state index in [0.29, 0.717) is 38.6 Å². The van der Waals surface area contributed by atoms with Gasteiger partial charge in [-0.3, -0.25) is 4.79 Å². The van der Waals surface area contributed by atoms with E-state index < -0.39 is 12.0 Å². The van der Waals surface area contributed by atoms with E-state index in [1.165, 1.54) is 6.21 Å². The number of ether oxygens (including phenoxy) is 2. The number of halogens is 2. The normalized spacial score (nSPS) is 15.6. The average molecular weight is 417 g/mol. The summed E-state index contributed by atoms with van der Waals surface area (Å²) in [6.45, 7) is 0.109. The molecular formula is C20H14Cl2N2O4. The standard InChI is InChI=1S/C20H14Cl2N2O4/c21-12-5-7-14(15(22)9-12)16-8-6-13(27-16)10-23-24-20(25)19-11-26-17-3-1-2-4-18(17)28-19/h1-10,19H,11H2,(H,24,25)/b23-10-. The summed E-state index contributed by atoms with van der Waals surface area (Å²) in [4.78, 5) is 12.2. The lowest BCUT2D eigenvalue weighted by molar-refractivity contribution is -0.130. The molecule has 1 aliphatic heterocycles. The third-order valence-electron chi connectivity index (χ3n) is 3.99. The van der Waals surface area contributed by atoms with Gasteiger partial charge in [0.25, 0.3) is 5.91 Å². The van der Waals surface area contributed by atoms with Crippen molar-refractivity contribution < 1.29 is 18.7 Å². The molecule has 1 atom stereocenters. The molecule has 0 fully saturated rings. The predicted molar refractivity (Wildman–Crippen MR) is 106 cm³/mol. The number of carbonyl (C=O) groups excluding carboxylic acids is 1. The molecule has 6 nitrogen and oxygen atoms in total. The second-order valence-electron chi connectivity index (χ2n) is 5.92. The monoisotopic (exact) mass is 416 g/mol. The molecule has 8 heteroatoms. The van der Waals surface area contributed by atoms with E-state index in [9.17, 15) is 4.79 Å². The largest absolute Gasteiger partial charge is 0.485 e. The molecule has 1 unspecified atom stereocenters. The van der Waals surface area contributed by atoms with Gasteiger partial charge in [0.05, 0.1) is 11.2 Å². The van der Waals surface area contributed by atoms with Crippen molar-refractivity contribution in [2.75, 3.05) is 6.61 Å². The number of fused-ring (bicyclic) bond motifs is 1. The predicted octanol–water partition coefficient (Wildman–Crippen LogP) is 4.54. The first-order valence-corrected chi connectivity index (χ1v) is 9.12. The van der Waals surface area contributed by atoms with Crippen LogP contribution in [0.15, 0.2) is 64.1 Å². The first-order chi connectivity index (χ1) is 13.6. The van der Waals surface area contributed by atoms with Crippen LogP contribution in [0.3, 0.4) is 0 Å². The molecule has 0 radical (unpaired) electrons. The number of para-hydroxylation sites is 2. The van der Waals surface area contributed by atoms with Gasteiger partial charge in [-0.1, -0.05) is 35.3 Å². The van der Waals surface area contributed by atoms with Crippen molar-refractivity contribution in [3.63, 3.8) is 0 Å². The number of carbonyl (C=O) groups is 1. The molecule has 142 valence electrons. The van der Waals surface area contributed by atoms with Crippen LogP contribution in [-0.4, -0.2) is 24.8 Å². The van der Waals surface area contributed by atoms with E-state index in [4.69, 9.17) is 37.1 Å². The highest BCUT2D eigenvalue weighted by Crippen LogP contribution is 2.32. The van der Waals surface area contributed by atoms with Crippen LogP contribution in [0, 0.1) is 0 Å². The topological polar surface area (TPSA) is 73.1 Å². The SMILES string of the molecule is O=C(N/N=C\c1ccc(-c2ccc(Cl)cc2Cl)o1)C1COc2ccccc2O1. The van der Waals surface area contributed by atoms with Crippen LogP contribution in [0.25, 0.3) is 11.3 Å². The molecular weight excluding hydrogens is 403 g/mol. The van der Waals surface area contributed by atoms with Gasteiger partial charge < -0.3 is 13.9 Å². The van der Waals surface area contributed by atoms with Crippen LogP contribution >= 0.6 is 23.2 Å². The van der Waals surface area contributed by atoms with Crippen molar-refractivity contribution in [1.29, 1.82) is 0 Å². The molecule has 2 heterocycles. The summed E-state index contributed by atoms with van der Waals surface area (Å²) < 4.78 is 16.8. The summed E-state index contributed by atoms with van der Waals surface area (Å²) in [6, 6.07) is 15.8. The molecule has 1 N–H and O–H groups in total. The fourth-order valence-electron chi connectivity index (χ4n) is 2.64. The Morgan fingerprint density at radius 2 is 1.93 bits per heavy atom. The Kier molecular flexibility index (Phi) is 5.23. The number of nitrogens with one attached hydrogen (secondary N) is 1. The number of rotatable bonds is 4. The van der Waals surface area contributed by atoms with E-state index >= 15 is 0 Å². The number of hydrazone groups is 1. The van der Waals surface area contributed by atoms with Gasteiger partial charge in [-0.15, -0.1) is 0 Å². The molecule has 28 heavy (non-hydrogen) atoms. The lowest BCUT2D eigenvalue weighted by atomic mass is 10.2. The van der Waals surface area contributed by atoms with Crippen molar-refractivity contribution in [3.8, 4) is 22.8 Å². The average Bonchev–Trinajstić information content (AvgIpc) is 3.16. The Bertz CT molecular complexity index is 1050. The second kappa shape index (κ2) is 7.96. The van der Waals surface area contributed by atoms with Crippen molar-refractivity contribution in [1.82, 2.24) is 5.43 Å². The first-order valence-electron chi connectivity index (χ1n) is 8.37. The van der Waals surface area contributed by atoms with Gasteiger partial charge >= 0.3 is 0 Å². The first kappa shape index (κ1) is 18.4. The van der Waals surface area contributed by atoms with E-state index in [0.717, 1.165) is 0 Å². The number of furan rings is 1. The van der Waals surface area contributed by atoms with Gasteiger partial charge in [0.1, 0.15) is 18.1 Å². The highest BCUT2D eigenvalue weighted by Gasteiger charge is 2.27. The molecule has 1 aromatic heterocycles. The zero-order valence-corrected chi connectivity index (χ0v) is 15.9. The number of benzene rings is 2. The van der Waals surface area contributed by atoms with Crippen molar-refractivity contribution >= 4 is 35.3 Å². The minimum absolute atomic E-state index is 0.109. The zero-order chi connectivity index (χ0) is 19.5. The Hall–Kier alpha value is -2.96. The molecule has 0 saturated carbocycles. The maximum absolute atomic E-state index is 12.2. The van der Waals surface area contributed by atoms with Gasteiger partial charge in [0.15, 0.2) is 11.5 Å². The molecule has 2 aromatic carbocycles. The minimum Gasteiger partial charge on any atom is -0.485 e. The molecule has 0 spiro atoms. The van der Waals surface area contributed by atoms with Gasteiger partial charge in [-0.2, -0.15) is 5.10 Å². The second-order valence-corrected chi connectivity index (χ2v) is 6.77. The fourth-order valence-corrected chi connectivity index (χ4v) is 3.14. The van der Waals surface area contributed by atoms with Crippen molar-refractivity contribution in [2.45, 2.75) is 6.10 Å². The van der Waals surface area contributed by atoms with E-state index in [-0.39, 0.29) is 6.61 Å². The summed E-state index contributed by atoms with van der Waals surface area (Å²) in [5.41, 5.74) is 3.13. The summed E-state index contributed by atoms with van der Waals surface area (Å²) in [6.07, 6.45) is 0.607. The Morgan fingerprint density at radius 1 is 1.11 bits per heavy atom.